The van der Waals surface area contributed by atoms with E-state index in [-0.39, 0.29) is 54.6 Å². The van der Waals surface area contributed by atoms with Crippen LogP contribution in [0.1, 0.15) is 57.7 Å². The van der Waals surface area contributed by atoms with Crippen LogP contribution in [0.3, 0.4) is 0 Å². The van der Waals surface area contributed by atoms with Crippen LogP contribution < -0.4 is 21.3 Å². The molecule has 3 aromatic carbocycles. The van der Waals surface area contributed by atoms with Crippen LogP contribution in [0.15, 0.2) is 60.9 Å². The lowest BCUT2D eigenvalue weighted by Gasteiger charge is -2.31. The maximum absolute atomic E-state index is 15.4. The minimum atomic E-state index is -1.03. The molecule has 5 amide bonds. The smallest absolute Gasteiger partial charge is 0.264 e. The zero-order chi connectivity index (χ0) is 51.8. The molecule has 22 heteroatoms. The minimum absolute atomic E-state index is 0.0198. The molecule has 3 fully saturated rings. The summed E-state index contributed by atoms with van der Waals surface area (Å²) < 4.78 is 58.5. The van der Waals surface area contributed by atoms with Gasteiger partial charge in [0, 0.05) is 93.1 Å². The summed E-state index contributed by atoms with van der Waals surface area (Å²) in [7, 11) is 0. The number of halogens is 2. The third-order valence-corrected chi connectivity index (χ3v) is 13.1. The van der Waals surface area contributed by atoms with Gasteiger partial charge in [-0.3, -0.25) is 49.0 Å². The van der Waals surface area contributed by atoms with Gasteiger partial charge in [-0.1, -0.05) is 18.2 Å². The van der Waals surface area contributed by atoms with E-state index >= 15 is 8.78 Å². The molecular formula is C52H62F2N10O10. The lowest BCUT2D eigenvalue weighted by atomic mass is 10.0. The molecule has 8 rings (SSSR count). The van der Waals surface area contributed by atoms with E-state index in [1.54, 1.807) is 48.8 Å². The number of para-hydroxylation sites is 1. The number of nitrogens with one attached hydrogen (secondary N) is 5. The van der Waals surface area contributed by atoms with Crippen molar-refractivity contribution in [2.45, 2.75) is 44.3 Å². The van der Waals surface area contributed by atoms with Gasteiger partial charge in [-0.25, -0.2) is 13.8 Å². The summed E-state index contributed by atoms with van der Waals surface area (Å²) in [4.78, 5) is 77.2. The van der Waals surface area contributed by atoms with Gasteiger partial charge < -0.3 is 45.0 Å². The molecule has 4 aromatic rings. The number of aromatic nitrogens is 2. The first-order valence-electron chi connectivity index (χ1n) is 25.0. The van der Waals surface area contributed by atoms with Crippen molar-refractivity contribution in [3.05, 3.63) is 94.9 Å². The molecule has 20 nitrogen and oxygen atoms in total. The number of morpholine rings is 1. The highest BCUT2D eigenvalue weighted by Crippen LogP contribution is 2.33. The second-order valence-electron chi connectivity index (χ2n) is 18.1. The molecule has 0 bridgehead atoms. The van der Waals surface area contributed by atoms with Crippen LogP contribution in [-0.2, 0) is 44.6 Å². The summed E-state index contributed by atoms with van der Waals surface area (Å²) in [6.07, 6.45) is 6.23. The lowest BCUT2D eigenvalue weighted by Crippen LogP contribution is -2.54. The number of piperidine rings is 2. The third kappa shape index (κ3) is 13.9. The summed E-state index contributed by atoms with van der Waals surface area (Å²) in [5.41, 5.74) is 3.72. The zero-order valence-electron chi connectivity index (χ0n) is 41.1. The van der Waals surface area contributed by atoms with E-state index in [0.29, 0.717) is 144 Å². The molecule has 4 aliphatic heterocycles. The number of rotatable bonds is 26. The van der Waals surface area contributed by atoms with Crippen molar-refractivity contribution >= 4 is 58.0 Å². The Morgan fingerprint density at radius 2 is 1.47 bits per heavy atom. The Morgan fingerprint density at radius 1 is 0.811 bits per heavy atom. The highest BCUT2D eigenvalue weighted by atomic mass is 19.1. The fourth-order valence-electron chi connectivity index (χ4n) is 9.16. The summed E-state index contributed by atoms with van der Waals surface area (Å²) >= 11 is 0. The van der Waals surface area contributed by atoms with Crippen molar-refractivity contribution in [1.29, 1.82) is 5.41 Å². The van der Waals surface area contributed by atoms with Crippen molar-refractivity contribution in [3.8, 4) is 11.1 Å². The fourth-order valence-corrected chi connectivity index (χ4v) is 9.16. The number of ether oxygens (including phenoxy) is 5. The van der Waals surface area contributed by atoms with E-state index in [4.69, 9.17) is 34.1 Å². The van der Waals surface area contributed by atoms with Crippen molar-refractivity contribution in [2.24, 2.45) is 0 Å². The SMILES string of the molecule is N=C/C(=C\NC1CCN(CC(=O)NCCOCCOCCOCCOCCNc2cccc3c2C(=O)N(C2CCC(=O)NC2=O)C3=O)CC1)c1cnc2cccc(-c3cc(F)c(CN4CCOCC4)c(F)c3)c2n1. The second kappa shape index (κ2) is 26.5. The maximum Gasteiger partial charge on any atom is 0.264 e. The number of likely N-dealkylation sites (tertiary alicyclic amines) is 1. The topological polar surface area (TPSA) is 239 Å². The lowest BCUT2D eigenvalue weighted by molar-refractivity contribution is -0.136. The Hall–Kier alpha value is -6.66. The number of hydrogen-bond acceptors (Lipinski definition) is 17. The molecule has 5 N–H and O–H groups in total. The average molecular weight is 1030 g/mol. The number of hydrogen-bond donors (Lipinski definition) is 5. The molecule has 1 atom stereocenters. The van der Waals surface area contributed by atoms with Crippen LogP contribution in [0, 0.1) is 17.0 Å². The number of nitrogens with zero attached hydrogens (tertiary/aromatic N) is 5. The first-order chi connectivity index (χ1) is 36.1. The van der Waals surface area contributed by atoms with Gasteiger partial charge in [0.1, 0.15) is 17.7 Å². The van der Waals surface area contributed by atoms with Gasteiger partial charge in [-0.05, 0) is 55.2 Å². The number of carbonyl (C=O) groups excluding carboxylic acids is 5. The second-order valence-corrected chi connectivity index (χ2v) is 18.1. The average Bonchev–Trinajstić information content (AvgIpc) is 3.66. The Labute approximate surface area is 427 Å². The molecule has 0 radical (unpaired) electrons. The Kier molecular flexibility index (Phi) is 19.2. The van der Waals surface area contributed by atoms with Crippen LogP contribution >= 0.6 is 0 Å². The van der Waals surface area contributed by atoms with Gasteiger partial charge in [0.05, 0.1) is 107 Å². The molecule has 74 heavy (non-hydrogen) atoms. The van der Waals surface area contributed by atoms with Crippen molar-refractivity contribution in [3.63, 3.8) is 0 Å². The van der Waals surface area contributed by atoms with Gasteiger partial charge >= 0.3 is 0 Å². The quantitative estimate of drug-likeness (QED) is 0.0345. The number of imide groups is 2. The molecule has 0 spiro atoms. The van der Waals surface area contributed by atoms with E-state index in [2.05, 4.69) is 31.2 Å². The molecule has 0 aliphatic carbocycles. The normalized spacial score (nSPS) is 17.9. The Balaban J connectivity index is 0.646. The van der Waals surface area contributed by atoms with Gasteiger partial charge in [-0.2, -0.15) is 0 Å². The Morgan fingerprint density at radius 3 is 2.16 bits per heavy atom. The third-order valence-electron chi connectivity index (χ3n) is 13.1. The predicted molar refractivity (Wildman–Crippen MR) is 268 cm³/mol. The molecule has 1 aromatic heterocycles. The number of amides is 5. The van der Waals surface area contributed by atoms with Gasteiger partial charge in [0.25, 0.3) is 11.8 Å². The largest absolute Gasteiger partial charge is 0.387 e. The van der Waals surface area contributed by atoms with Gasteiger partial charge in [-0.15, -0.1) is 0 Å². The summed E-state index contributed by atoms with van der Waals surface area (Å²) in [5, 5.41) is 19.8. The molecule has 4 aliphatic rings. The highest BCUT2D eigenvalue weighted by Gasteiger charge is 2.45. The Bertz CT molecular complexity index is 2670. The molecular weight excluding hydrogens is 963 g/mol. The van der Waals surface area contributed by atoms with E-state index in [9.17, 15) is 24.0 Å². The monoisotopic (exact) mass is 1020 g/mol. The summed E-state index contributed by atoms with van der Waals surface area (Å²) in [6.45, 7) is 7.67. The number of carbonyl (C=O) groups is 5. The first-order valence-corrected chi connectivity index (χ1v) is 25.0. The molecule has 5 heterocycles. The standard InChI is InChI=1S/C52H62F2N10O10/c53-40-27-34(28-41(54)39(40)32-63-15-19-72-20-16-63)37-3-1-6-43-49(37)60-44(31-59-43)35(29-55)30-58-36-9-13-62(14-10-36)33-47(66)57-12-18-71-22-24-74-26-25-73-23-21-70-17-11-56-42-5-2-4-38-48(42)52(69)64(51(38)68)45-7-8-46(65)61-50(45)67/h1-6,27-31,36,45,55-56,58H,7-26,32-33H2,(H,57,66)(H,61,65,67)/b35-30+,55-29?. The van der Waals surface area contributed by atoms with E-state index in [1.807, 2.05) is 4.90 Å². The minimum Gasteiger partial charge on any atom is -0.387 e. The van der Waals surface area contributed by atoms with Crippen molar-refractivity contribution < 1.29 is 56.4 Å². The van der Waals surface area contributed by atoms with E-state index in [0.717, 1.165) is 17.7 Å². The zero-order valence-corrected chi connectivity index (χ0v) is 41.1. The van der Waals surface area contributed by atoms with Gasteiger partial charge in [0.2, 0.25) is 17.7 Å². The number of benzene rings is 3. The predicted octanol–water partition coefficient (Wildman–Crippen LogP) is 3.15. The fraction of sp³-hybridized carbons (Fsp3) is 0.462. The van der Waals surface area contributed by atoms with Crippen LogP contribution in [0.4, 0.5) is 14.5 Å². The summed E-state index contributed by atoms with van der Waals surface area (Å²) in [5.74, 6) is -3.56. The van der Waals surface area contributed by atoms with Crippen LogP contribution in [0.5, 0.6) is 0 Å². The summed E-state index contributed by atoms with van der Waals surface area (Å²) in [6, 6.07) is 12.0. The number of anilines is 1. The van der Waals surface area contributed by atoms with Crippen LogP contribution in [-0.4, -0.2) is 184 Å². The molecule has 0 saturated carbocycles. The van der Waals surface area contributed by atoms with Crippen molar-refractivity contribution in [1.82, 2.24) is 40.6 Å². The van der Waals surface area contributed by atoms with Crippen molar-refractivity contribution in [2.75, 3.05) is 117 Å². The number of allylic oxidation sites excluding steroid dienone is 1. The van der Waals surface area contributed by atoms with Crippen LogP contribution in [0.2, 0.25) is 0 Å². The molecule has 3 saturated heterocycles. The highest BCUT2D eigenvalue weighted by molar-refractivity contribution is 6.25. The van der Waals surface area contributed by atoms with E-state index in [1.165, 1.54) is 18.3 Å². The number of fused-ring (bicyclic) bond motifs is 2. The van der Waals surface area contributed by atoms with Crippen LogP contribution in [0.25, 0.3) is 27.7 Å². The molecule has 1 unspecified atom stereocenters. The van der Waals surface area contributed by atoms with Gasteiger partial charge in [0.15, 0.2) is 0 Å². The van der Waals surface area contributed by atoms with E-state index < -0.39 is 41.3 Å². The first kappa shape index (κ1) is 53.6. The molecule has 394 valence electrons. The maximum atomic E-state index is 15.4.